The zero-order valence-electron chi connectivity index (χ0n) is 16.9. The summed E-state index contributed by atoms with van der Waals surface area (Å²) in [5.41, 5.74) is 0.982. The van der Waals surface area contributed by atoms with Crippen LogP contribution in [0.4, 0.5) is 0 Å². The molecule has 0 spiro atoms. The van der Waals surface area contributed by atoms with Gasteiger partial charge in [0.25, 0.3) is 0 Å². The van der Waals surface area contributed by atoms with Crippen molar-refractivity contribution < 1.29 is 14.3 Å². The maximum absolute atomic E-state index is 13.1. The van der Waals surface area contributed by atoms with Gasteiger partial charge in [0.2, 0.25) is 11.1 Å². The third kappa shape index (κ3) is 4.44. The van der Waals surface area contributed by atoms with E-state index in [1.54, 1.807) is 30.2 Å². The molecule has 0 bridgehead atoms. The largest absolute Gasteiger partial charge is 0.497 e. The highest BCUT2D eigenvalue weighted by Crippen LogP contribution is 2.39. The van der Waals surface area contributed by atoms with Crippen molar-refractivity contribution in [2.45, 2.75) is 30.6 Å². The molecule has 4 rings (SSSR count). The monoisotopic (exact) mass is 445 g/mol. The molecule has 30 heavy (non-hydrogen) atoms. The maximum Gasteiger partial charge on any atom is 0.233 e. The number of aromatic nitrogens is 4. The Morgan fingerprint density at radius 3 is 2.97 bits per heavy atom. The second kappa shape index (κ2) is 9.48. The Kier molecular flexibility index (Phi) is 6.53. The quantitative estimate of drug-likeness (QED) is 0.492. The van der Waals surface area contributed by atoms with Gasteiger partial charge in [-0.2, -0.15) is 0 Å². The molecule has 0 radical (unpaired) electrons. The van der Waals surface area contributed by atoms with E-state index in [1.165, 1.54) is 16.6 Å². The lowest BCUT2D eigenvalue weighted by Crippen LogP contribution is -2.32. The molecule has 158 valence electrons. The summed E-state index contributed by atoms with van der Waals surface area (Å²) in [4.78, 5) is 16.2. The van der Waals surface area contributed by atoms with Crippen LogP contribution in [0, 0.1) is 0 Å². The molecule has 1 aliphatic heterocycles. The highest BCUT2D eigenvalue weighted by Gasteiger charge is 2.32. The van der Waals surface area contributed by atoms with E-state index in [2.05, 4.69) is 15.5 Å². The number of benzene rings is 1. The third-order valence-electron chi connectivity index (χ3n) is 5.08. The number of likely N-dealkylation sites (tertiary alicyclic amines) is 1. The van der Waals surface area contributed by atoms with Crippen molar-refractivity contribution in [3.05, 3.63) is 46.2 Å². The first-order valence-electron chi connectivity index (χ1n) is 9.62. The molecule has 1 fully saturated rings. The molecule has 3 aromatic rings. The second-order valence-corrected chi connectivity index (χ2v) is 8.81. The van der Waals surface area contributed by atoms with Crippen molar-refractivity contribution in [1.29, 1.82) is 0 Å². The first-order valence-corrected chi connectivity index (χ1v) is 11.5. The van der Waals surface area contributed by atoms with Gasteiger partial charge in [0.05, 0.1) is 32.6 Å². The summed E-state index contributed by atoms with van der Waals surface area (Å²) in [6.07, 6.45) is 1.85. The van der Waals surface area contributed by atoms with Crippen LogP contribution < -0.4 is 9.47 Å². The Bertz CT molecular complexity index is 992. The number of methoxy groups -OCH3 is 2. The Balaban J connectivity index is 1.45. The molecule has 1 amide bonds. The molecular weight excluding hydrogens is 422 g/mol. The topological polar surface area (TPSA) is 82.4 Å². The highest BCUT2D eigenvalue weighted by molar-refractivity contribution is 7.99. The van der Waals surface area contributed by atoms with Gasteiger partial charge in [0, 0.05) is 17.0 Å². The highest BCUT2D eigenvalue weighted by atomic mass is 32.2. The van der Waals surface area contributed by atoms with Crippen molar-refractivity contribution in [2.24, 2.45) is 0 Å². The summed E-state index contributed by atoms with van der Waals surface area (Å²) in [5.74, 6) is 1.88. The molecule has 8 nitrogen and oxygen atoms in total. The van der Waals surface area contributed by atoms with Crippen LogP contribution in [0.25, 0.3) is 0 Å². The van der Waals surface area contributed by atoms with E-state index in [-0.39, 0.29) is 17.7 Å². The van der Waals surface area contributed by atoms with E-state index in [1.807, 2.05) is 40.6 Å². The second-order valence-electron chi connectivity index (χ2n) is 6.84. The Morgan fingerprint density at radius 1 is 1.30 bits per heavy atom. The smallest absolute Gasteiger partial charge is 0.233 e. The summed E-state index contributed by atoms with van der Waals surface area (Å²) in [6.45, 7) is 1.33. The predicted molar refractivity (Wildman–Crippen MR) is 115 cm³/mol. The molecule has 2 aromatic heterocycles. The van der Waals surface area contributed by atoms with Gasteiger partial charge in [-0.15, -0.1) is 16.4 Å². The molecular formula is C20H23N5O3S2. The van der Waals surface area contributed by atoms with Gasteiger partial charge < -0.3 is 14.4 Å². The summed E-state index contributed by atoms with van der Waals surface area (Å²) >= 11 is 3.03. The fourth-order valence-corrected chi connectivity index (χ4v) is 5.10. The number of amides is 1. The fraction of sp³-hybridized carbons (Fsp3) is 0.400. The number of hydrogen-bond donors (Lipinski definition) is 0. The number of nitrogens with zero attached hydrogens (tertiary/aromatic N) is 5. The van der Waals surface area contributed by atoms with E-state index in [0.717, 1.165) is 36.4 Å². The number of hydrogen-bond acceptors (Lipinski definition) is 8. The summed E-state index contributed by atoms with van der Waals surface area (Å²) in [7, 11) is 3.29. The van der Waals surface area contributed by atoms with Gasteiger partial charge in [0.15, 0.2) is 0 Å². The SMILES string of the molecule is COc1ccc(OC)c(C2CCCN2C(=O)CSc2nnnn2Cc2cccs2)c1. The lowest BCUT2D eigenvalue weighted by Gasteiger charge is -2.26. The molecule has 1 aromatic carbocycles. The fourth-order valence-electron chi connectivity index (χ4n) is 3.65. The first-order chi connectivity index (χ1) is 14.7. The zero-order valence-corrected chi connectivity index (χ0v) is 18.5. The average Bonchev–Trinajstić information content (AvgIpc) is 3.54. The number of thioether (sulfide) groups is 1. The molecule has 10 heteroatoms. The number of carbonyl (C=O) groups excluding carboxylic acids is 1. The zero-order chi connectivity index (χ0) is 20.9. The van der Waals surface area contributed by atoms with Crippen molar-refractivity contribution in [1.82, 2.24) is 25.1 Å². The van der Waals surface area contributed by atoms with Gasteiger partial charge in [0.1, 0.15) is 11.5 Å². The van der Waals surface area contributed by atoms with Crippen LogP contribution >= 0.6 is 23.1 Å². The summed E-state index contributed by atoms with van der Waals surface area (Å²) in [5, 5.41) is 14.6. The normalized spacial score (nSPS) is 16.1. The van der Waals surface area contributed by atoms with Crippen LogP contribution in [0.1, 0.15) is 29.3 Å². The molecule has 3 heterocycles. The minimum atomic E-state index is -0.0229. The molecule has 1 unspecified atom stereocenters. The van der Waals surface area contributed by atoms with Crippen molar-refractivity contribution in [3.8, 4) is 11.5 Å². The molecule has 1 aliphatic rings. The van der Waals surface area contributed by atoms with Crippen LogP contribution in [-0.2, 0) is 11.3 Å². The average molecular weight is 446 g/mol. The Morgan fingerprint density at radius 2 is 2.20 bits per heavy atom. The van der Waals surface area contributed by atoms with Gasteiger partial charge in [-0.1, -0.05) is 17.8 Å². The Hall–Kier alpha value is -2.59. The molecule has 0 aliphatic carbocycles. The van der Waals surface area contributed by atoms with E-state index in [0.29, 0.717) is 11.7 Å². The summed E-state index contributed by atoms with van der Waals surface area (Å²) in [6, 6.07) is 9.74. The third-order valence-corrected chi connectivity index (χ3v) is 6.88. The number of thiophene rings is 1. The van der Waals surface area contributed by atoms with Gasteiger partial charge in [-0.3, -0.25) is 4.79 Å². The lowest BCUT2D eigenvalue weighted by molar-refractivity contribution is -0.129. The van der Waals surface area contributed by atoms with Crippen LogP contribution in [0.3, 0.4) is 0 Å². The van der Waals surface area contributed by atoms with E-state index >= 15 is 0 Å². The predicted octanol–water partition coefficient (Wildman–Crippen LogP) is 3.26. The minimum absolute atomic E-state index is 0.0229. The molecule has 0 N–H and O–H groups in total. The molecule has 0 saturated carbocycles. The molecule has 1 atom stereocenters. The van der Waals surface area contributed by atoms with Crippen LogP contribution in [0.2, 0.25) is 0 Å². The number of ether oxygens (including phenoxy) is 2. The first kappa shape index (κ1) is 20.7. The van der Waals surface area contributed by atoms with Crippen LogP contribution in [-0.4, -0.2) is 57.5 Å². The van der Waals surface area contributed by atoms with Crippen molar-refractivity contribution in [3.63, 3.8) is 0 Å². The molecule has 1 saturated heterocycles. The van der Waals surface area contributed by atoms with Gasteiger partial charge in [-0.25, -0.2) is 4.68 Å². The number of carbonyl (C=O) groups is 1. The number of rotatable bonds is 8. The Labute approximate surface area is 183 Å². The number of tetrazole rings is 1. The van der Waals surface area contributed by atoms with Crippen LogP contribution in [0.15, 0.2) is 40.9 Å². The van der Waals surface area contributed by atoms with E-state index < -0.39 is 0 Å². The lowest BCUT2D eigenvalue weighted by atomic mass is 10.0. The van der Waals surface area contributed by atoms with Gasteiger partial charge >= 0.3 is 0 Å². The van der Waals surface area contributed by atoms with Crippen LogP contribution in [0.5, 0.6) is 11.5 Å². The minimum Gasteiger partial charge on any atom is -0.497 e. The van der Waals surface area contributed by atoms with Crippen molar-refractivity contribution in [2.75, 3.05) is 26.5 Å². The van der Waals surface area contributed by atoms with Gasteiger partial charge in [-0.05, 0) is 52.9 Å². The maximum atomic E-state index is 13.1. The van der Waals surface area contributed by atoms with Crippen molar-refractivity contribution >= 4 is 29.0 Å². The standard InChI is InChI=1S/C20H23N5O3S2/c1-27-14-7-8-18(28-2)16(11-14)17-6-3-9-24(17)19(26)13-30-20-21-22-23-25(20)12-15-5-4-10-29-15/h4-5,7-8,10-11,17H,3,6,9,12-13H2,1-2H3. The summed E-state index contributed by atoms with van der Waals surface area (Å²) < 4.78 is 12.6. The van der Waals surface area contributed by atoms with E-state index in [9.17, 15) is 4.79 Å². The van der Waals surface area contributed by atoms with E-state index in [4.69, 9.17) is 9.47 Å².